The first-order valence-corrected chi connectivity index (χ1v) is 9.70. The topological polar surface area (TPSA) is 63.2 Å². The van der Waals surface area contributed by atoms with Gasteiger partial charge in [0.05, 0.1) is 11.1 Å². The van der Waals surface area contributed by atoms with Crippen molar-refractivity contribution >= 4 is 16.8 Å². The molecule has 0 radical (unpaired) electrons. The summed E-state index contributed by atoms with van der Waals surface area (Å²) in [6, 6.07) is 1.27. The Balaban J connectivity index is 0.00000363. The van der Waals surface area contributed by atoms with Crippen LogP contribution in [0.3, 0.4) is 0 Å². The van der Waals surface area contributed by atoms with Gasteiger partial charge in [0.25, 0.3) is 5.91 Å². The fourth-order valence-electron chi connectivity index (χ4n) is 3.56. The quantitative estimate of drug-likeness (QED) is 0.620. The second kappa shape index (κ2) is 9.29. The molecule has 0 spiro atoms. The monoisotopic (exact) mass is 451 g/mol. The number of aromatic nitrogens is 1. The van der Waals surface area contributed by atoms with E-state index >= 15 is 0 Å². The van der Waals surface area contributed by atoms with E-state index in [-0.39, 0.29) is 30.0 Å². The minimum Gasteiger partial charge on any atom is -0.432 e. The minimum absolute atomic E-state index is 0. The zero-order valence-electron chi connectivity index (χ0n) is 16.5. The molecule has 1 aliphatic carbocycles. The number of rotatable bonds is 6. The number of carbonyl (C=O) groups excluding carboxylic acids is 1. The molecule has 1 fully saturated rings. The summed E-state index contributed by atoms with van der Waals surface area (Å²) >= 11 is 0. The van der Waals surface area contributed by atoms with Crippen LogP contribution < -0.4 is 15.4 Å². The normalized spacial score (nSPS) is 20.6. The van der Waals surface area contributed by atoms with Crippen molar-refractivity contribution in [2.45, 2.75) is 63.5 Å². The van der Waals surface area contributed by atoms with E-state index in [0.717, 1.165) is 19.1 Å². The molecule has 2 N–H and O–H groups in total. The van der Waals surface area contributed by atoms with Crippen molar-refractivity contribution in [1.82, 2.24) is 15.6 Å². The maximum atomic E-state index is 13.9. The highest BCUT2D eigenvalue weighted by Crippen LogP contribution is 2.27. The largest absolute Gasteiger partial charge is 0.432 e. The van der Waals surface area contributed by atoms with E-state index in [1.165, 1.54) is 12.3 Å². The van der Waals surface area contributed by atoms with Crippen molar-refractivity contribution in [3.8, 4) is 5.75 Å². The molecule has 1 heterocycles. The van der Waals surface area contributed by atoms with Crippen molar-refractivity contribution in [3.63, 3.8) is 0 Å². The summed E-state index contributed by atoms with van der Waals surface area (Å²) in [6.45, 7) is -2.11. The van der Waals surface area contributed by atoms with Crippen LogP contribution in [0.25, 0.3) is 10.9 Å². The molecule has 1 aromatic heterocycles. The SMILES string of the molecule is CC(NC1CCC(NC(=O)c2cnc3cc(OC(F)F)c(F)cc3c2)CC1)C(F)(F)F.[HH]. The Morgan fingerprint density at radius 2 is 1.81 bits per heavy atom. The van der Waals surface area contributed by atoms with E-state index in [1.54, 1.807) is 0 Å². The van der Waals surface area contributed by atoms with Gasteiger partial charge < -0.3 is 15.4 Å². The third-order valence-corrected chi connectivity index (χ3v) is 5.25. The lowest BCUT2D eigenvalue weighted by Crippen LogP contribution is -2.48. The standard InChI is InChI=1S/C20H21F6N3O2.H2/c1-10(20(24,25)26)28-13-2-4-14(5-3-13)29-18(30)12-6-11-7-15(21)17(31-19(22)23)8-16(11)27-9-12;/h6-10,13-14,19,28H,2-5H2,1H3,(H,29,30);1H. The van der Waals surface area contributed by atoms with Gasteiger partial charge in [-0.2, -0.15) is 22.0 Å². The number of fused-ring (bicyclic) bond motifs is 1. The van der Waals surface area contributed by atoms with Gasteiger partial charge in [-0.1, -0.05) is 0 Å². The van der Waals surface area contributed by atoms with Crippen LogP contribution in [0.15, 0.2) is 24.4 Å². The smallest absolute Gasteiger partial charge is 0.403 e. The molecule has 1 amide bonds. The van der Waals surface area contributed by atoms with Crippen LogP contribution in [0.4, 0.5) is 26.3 Å². The number of amides is 1. The van der Waals surface area contributed by atoms with Gasteiger partial charge in [0.1, 0.15) is 6.04 Å². The summed E-state index contributed by atoms with van der Waals surface area (Å²) < 4.78 is 80.6. The Morgan fingerprint density at radius 1 is 1.16 bits per heavy atom. The van der Waals surface area contributed by atoms with Crippen LogP contribution in [0.1, 0.15) is 44.4 Å². The van der Waals surface area contributed by atoms with Crippen LogP contribution in [0.2, 0.25) is 0 Å². The first kappa shape index (κ1) is 23.1. The molecule has 11 heteroatoms. The van der Waals surface area contributed by atoms with E-state index in [4.69, 9.17) is 0 Å². The van der Waals surface area contributed by atoms with Gasteiger partial charge >= 0.3 is 12.8 Å². The maximum Gasteiger partial charge on any atom is 0.403 e. The zero-order chi connectivity index (χ0) is 22.8. The lowest BCUT2D eigenvalue weighted by molar-refractivity contribution is -0.153. The summed E-state index contributed by atoms with van der Waals surface area (Å²) in [6.07, 6.45) is -1.07. The van der Waals surface area contributed by atoms with Crippen molar-refractivity contribution < 1.29 is 37.3 Å². The van der Waals surface area contributed by atoms with Gasteiger partial charge in [0, 0.05) is 31.2 Å². The fraction of sp³-hybridized carbons (Fsp3) is 0.500. The predicted octanol–water partition coefficient (Wildman–Crippen LogP) is 4.80. The summed E-state index contributed by atoms with van der Waals surface area (Å²) in [7, 11) is 0. The average molecular weight is 451 g/mol. The van der Waals surface area contributed by atoms with E-state index < -0.39 is 36.3 Å². The van der Waals surface area contributed by atoms with Gasteiger partial charge in [0.2, 0.25) is 0 Å². The number of alkyl halides is 5. The minimum atomic E-state index is -4.31. The molecule has 3 rings (SSSR count). The Bertz CT molecular complexity index is 935. The third-order valence-electron chi connectivity index (χ3n) is 5.25. The second-order valence-electron chi connectivity index (χ2n) is 7.53. The fourth-order valence-corrected chi connectivity index (χ4v) is 3.56. The number of ether oxygens (including phenoxy) is 1. The van der Waals surface area contributed by atoms with Gasteiger partial charge in [-0.3, -0.25) is 9.78 Å². The van der Waals surface area contributed by atoms with Gasteiger partial charge in [0.15, 0.2) is 11.6 Å². The number of benzene rings is 1. The average Bonchev–Trinajstić information content (AvgIpc) is 2.68. The number of nitrogens with one attached hydrogen (secondary N) is 2. The second-order valence-corrected chi connectivity index (χ2v) is 7.53. The third kappa shape index (κ3) is 5.99. The molecule has 1 atom stereocenters. The van der Waals surface area contributed by atoms with Crippen molar-refractivity contribution in [3.05, 3.63) is 35.8 Å². The number of carbonyl (C=O) groups is 1. The van der Waals surface area contributed by atoms with Gasteiger partial charge in [-0.05, 0) is 44.7 Å². The Kier molecular flexibility index (Phi) is 6.93. The number of hydrogen-bond donors (Lipinski definition) is 2. The molecule has 0 bridgehead atoms. The lowest BCUT2D eigenvalue weighted by atomic mass is 9.90. The molecule has 2 aromatic rings. The Labute approximate surface area is 175 Å². The van der Waals surface area contributed by atoms with E-state index in [2.05, 4.69) is 20.4 Å². The van der Waals surface area contributed by atoms with E-state index in [1.807, 2.05) is 0 Å². The van der Waals surface area contributed by atoms with Crippen molar-refractivity contribution in [2.24, 2.45) is 0 Å². The number of nitrogens with zero attached hydrogens (tertiary/aromatic N) is 1. The van der Waals surface area contributed by atoms with E-state index in [9.17, 15) is 31.1 Å². The molecular formula is C20H23F6N3O2. The van der Waals surface area contributed by atoms with Crippen molar-refractivity contribution in [1.29, 1.82) is 0 Å². The summed E-state index contributed by atoms with van der Waals surface area (Å²) in [5.41, 5.74) is 0.333. The summed E-state index contributed by atoms with van der Waals surface area (Å²) in [4.78, 5) is 16.5. The molecular weight excluding hydrogens is 428 g/mol. The van der Waals surface area contributed by atoms with Crippen LogP contribution in [0.5, 0.6) is 5.75 Å². The van der Waals surface area contributed by atoms with Gasteiger partial charge in [-0.25, -0.2) is 4.39 Å². The van der Waals surface area contributed by atoms with Gasteiger partial charge in [-0.15, -0.1) is 0 Å². The molecule has 31 heavy (non-hydrogen) atoms. The first-order valence-electron chi connectivity index (χ1n) is 9.70. The molecule has 172 valence electrons. The zero-order valence-corrected chi connectivity index (χ0v) is 16.5. The van der Waals surface area contributed by atoms with E-state index in [0.29, 0.717) is 25.7 Å². The van der Waals surface area contributed by atoms with Crippen LogP contribution in [0, 0.1) is 5.82 Å². The molecule has 1 saturated carbocycles. The molecule has 1 aliphatic rings. The highest BCUT2D eigenvalue weighted by molar-refractivity contribution is 5.97. The lowest BCUT2D eigenvalue weighted by Gasteiger charge is -2.32. The maximum absolute atomic E-state index is 13.9. The number of halogens is 6. The summed E-state index contributed by atoms with van der Waals surface area (Å²) in [5, 5.41) is 5.61. The molecule has 5 nitrogen and oxygen atoms in total. The predicted molar refractivity (Wildman–Crippen MR) is 103 cm³/mol. The molecule has 0 aliphatic heterocycles. The highest BCUT2D eigenvalue weighted by atomic mass is 19.4. The van der Waals surface area contributed by atoms with Crippen LogP contribution >= 0.6 is 0 Å². The van der Waals surface area contributed by atoms with Crippen LogP contribution in [-0.4, -0.2) is 41.8 Å². The number of pyridine rings is 1. The highest BCUT2D eigenvalue weighted by Gasteiger charge is 2.37. The molecule has 0 saturated heterocycles. The first-order chi connectivity index (χ1) is 14.5. The summed E-state index contributed by atoms with van der Waals surface area (Å²) in [5.74, 6) is -2.11. The Hall–Kier alpha value is -2.56. The Morgan fingerprint density at radius 3 is 2.42 bits per heavy atom. The number of hydrogen-bond acceptors (Lipinski definition) is 4. The van der Waals surface area contributed by atoms with Crippen molar-refractivity contribution in [2.75, 3.05) is 0 Å². The van der Waals surface area contributed by atoms with Crippen LogP contribution in [-0.2, 0) is 0 Å². The molecule has 1 aromatic carbocycles. The molecule has 1 unspecified atom stereocenters.